The summed E-state index contributed by atoms with van der Waals surface area (Å²) in [6.45, 7) is 0.618. The first-order valence-electron chi connectivity index (χ1n) is 5.00. The van der Waals surface area contributed by atoms with Crippen LogP contribution in [0.4, 0.5) is 0 Å². The summed E-state index contributed by atoms with van der Waals surface area (Å²) in [6.07, 6.45) is 5.16. The molecule has 0 unspecified atom stereocenters. The van der Waals surface area contributed by atoms with E-state index in [1.807, 2.05) is 35.0 Å². The number of hydrogen-bond donors (Lipinski definition) is 0. The lowest BCUT2D eigenvalue weighted by Crippen LogP contribution is -1.98. The first-order valence-corrected chi connectivity index (χ1v) is 6.19. The second kappa shape index (κ2) is 5.50. The molecule has 0 fully saturated rings. The van der Waals surface area contributed by atoms with Gasteiger partial charge < -0.3 is 4.57 Å². The van der Waals surface area contributed by atoms with Crippen LogP contribution in [-0.4, -0.2) is 9.55 Å². The van der Waals surface area contributed by atoms with Crippen LogP contribution in [0.15, 0.2) is 30.1 Å². The number of thiazole rings is 1. The molecule has 0 atom stereocenters. The monoisotopic (exact) mass is 274 g/mol. The molecule has 4 nitrogen and oxygen atoms in total. The Morgan fingerprint density at radius 1 is 1.50 bits per heavy atom. The van der Waals surface area contributed by atoms with Gasteiger partial charge in [-0.2, -0.15) is 10.5 Å². The molecule has 0 aliphatic carbocycles. The Kier molecular flexibility index (Phi) is 3.78. The second-order valence-corrected chi connectivity index (χ2v) is 5.12. The van der Waals surface area contributed by atoms with Gasteiger partial charge in [0.25, 0.3) is 0 Å². The van der Waals surface area contributed by atoms with Crippen molar-refractivity contribution in [2.45, 2.75) is 6.54 Å². The van der Waals surface area contributed by atoms with Gasteiger partial charge in [-0.25, -0.2) is 4.98 Å². The molecule has 0 radical (unpaired) electrons. The Balaban J connectivity index is 2.27. The number of hydrogen-bond acceptors (Lipinski definition) is 4. The fourth-order valence-corrected chi connectivity index (χ4v) is 2.44. The van der Waals surface area contributed by atoms with Gasteiger partial charge in [0.1, 0.15) is 17.7 Å². The van der Waals surface area contributed by atoms with E-state index < -0.39 is 0 Å². The zero-order valence-electron chi connectivity index (χ0n) is 9.17. The van der Waals surface area contributed by atoms with Crippen molar-refractivity contribution in [2.24, 2.45) is 0 Å². The highest BCUT2D eigenvalue weighted by atomic mass is 35.5. The lowest BCUT2D eigenvalue weighted by Gasteiger charge is -2.03. The molecule has 88 valence electrons. The number of halogens is 1. The minimum Gasteiger partial charge on any atom is -0.343 e. The molecule has 18 heavy (non-hydrogen) atoms. The van der Waals surface area contributed by atoms with Crippen LogP contribution in [0.1, 0.15) is 10.6 Å². The Hall–Kier alpha value is -2.08. The van der Waals surface area contributed by atoms with Crippen LogP contribution in [-0.2, 0) is 6.54 Å². The Labute approximate surface area is 113 Å². The largest absolute Gasteiger partial charge is 0.343 e. The van der Waals surface area contributed by atoms with Crippen molar-refractivity contribution in [3.63, 3.8) is 0 Å². The quantitative estimate of drug-likeness (QED) is 0.808. The van der Waals surface area contributed by atoms with Gasteiger partial charge in [0.05, 0.1) is 6.54 Å². The van der Waals surface area contributed by atoms with Crippen molar-refractivity contribution in [1.82, 2.24) is 9.55 Å². The lowest BCUT2D eigenvalue weighted by atomic mass is 10.2. The van der Waals surface area contributed by atoms with Gasteiger partial charge in [-0.1, -0.05) is 11.6 Å². The highest BCUT2D eigenvalue weighted by Crippen LogP contribution is 2.20. The van der Waals surface area contributed by atoms with Gasteiger partial charge in [-0.3, -0.25) is 0 Å². The van der Waals surface area contributed by atoms with Crippen LogP contribution >= 0.6 is 22.9 Å². The van der Waals surface area contributed by atoms with Crippen LogP contribution < -0.4 is 0 Å². The molecule has 2 heterocycles. The summed E-state index contributed by atoms with van der Waals surface area (Å²) in [6, 6.07) is 7.39. The van der Waals surface area contributed by atoms with E-state index in [9.17, 15) is 0 Å². The van der Waals surface area contributed by atoms with Crippen molar-refractivity contribution >= 4 is 29.0 Å². The third-order valence-electron chi connectivity index (χ3n) is 2.25. The molecular formula is C12H7ClN4S. The summed E-state index contributed by atoms with van der Waals surface area (Å²) in [7, 11) is 0. The van der Waals surface area contributed by atoms with Gasteiger partial charge in [0, 0.05) is 23.0 Å². The summed E-state index contributed by atoms with van der Waals surface area (Å²) < 4.78 is 2.43. The topological polar surface area (TPSA) is 65.4 Å². The molecule has 0 bridgehead atoms. The molecule has 0 aliphatic heterocycles. The maximum atomic E-state index is 8.73. The predicted octanol–water partition coefficient (Wildman–Crippen LogP) is 3.08. The van der Waals surface area contributed by atoms with E-state index in [1.165, 1.54) is 11.3 Å². The molecule has 2 aromatic heterocycles. The number of allylic oxidation sites excluding steroid dienone is 1. The van der Waals surface area contributed by atoms with Crippen molar-refractivity contribution < 1.29 is 0 Å². The minimum absolute atomic E-state index is 0.0808. The third kappa shape index (κ3) is 2.78. The zero-order valence-corrected chi connectivity index (χ0v) is 10.7. The molecule has 0 saturated carbocycles. The third-order valence-corrected chi connectivity index (χ3v) is 3.35. The van der Waals surface area contributed by atoms with E-state index in [2.05, 4.69) is 4.98 Å². The zero-order chi connectivity index (χ0) is 13.0. The highest BCUT2D eigenvalue weighted by Gasteiger charge is 2.04. The average Bonchev–Trinajstić information content (AvgIpc) is 2.96. The van der Waals surface area contributed by atoms with Gasteiger partial charge in [0.15, 0.2) is 4.47 Å². The Morgan fingerprint density at radius 3 is 2.89 bits per heavy atom. The minimum atomic E-state index is 0.0808. The standard InChI is InChI=1S/C12H7ClN4S/c13-12-16-7-11(18-12)8-17-3-1-2-10(17)4-9(5-14)6-15/h1-4,7H,8H2. The normalized spacial score (nSPS) is 9.50. The molecule has 0 aliphatic rings. The smallest absolute Gasteiger partial charge is 0.183 e. The molecule has 0 spiro atoms. The Bertz CT molecular complexity index is 653. The second-order valence-electron chi connectivity index (χ2n) is 3.42. The van der Waals surface area contributed by atoms with E-state index in [0.29, 0.717) is 11.0 Å². The van der Waals surface area contributed by atoms with Crippen LogP contribution in [0, 0.1) is 22.7 Å². The fraction of sp³-hybridized carbons (Fsp3) is 0.0833. The van der Waals surface area contributed by atoms with E-state index in [1.54, 1.807) is 12.3 Å². The van der Waals surface area contributed by atoms with Crippen LogP contribution in [0.5, 0.6) is 0 Å². The molecular weight excluding hydrogens is 268 g/mol. The molecule has 2 rings (SSSR count). The van der Waals surface area contributed by atoms with Crippen LogP contribution in [0.2, 0.25) is 4.47 Å². The van der Waals surface area contributed by atoms with E-state index in [4.69, 9.17) is 22.1 Å². The molecule has 2 aromatic rings. The predicted molar refractivity (Wildman–Crippen MR) is 69.9 cm³/mol. The average molecular weight is 275 g/mol. The van der Waals surface area contributed by atoms with Crippen molar-refractivity contribution in [1.29, 1.82) is 10.5 Å². The molecule has 0 N–H and O–H groups in total. The first kappa shape index (κ1) is 12.4. The number of rotatable bonds is 3. The lowest BCUT2D eigenvalue weighted by molar-refractivity contribution is 0.808. The van der Waals surface area contributed by atoms with E-state index in [-0.39, 0.29) is 5.57 Å². The van der Waals surface area contributed by atoms with Gasteiger partial charge >= 0.3 is 0 Å². The van der Waals surface area contributed by atoms with Gasteiger partial charge in [0.2, 0.25) is 0 Å². The molecule has 0 aromatic carbocycles. The maximum absolute atomic E-state index is 8.73. The van der Waals surface area contributed by atoms with E-state index >= 15 is 0 Å². The number of aromatic nitrogens is 2. The Morgan fingerprint density at radius 2 is 2.28 bits per heavy atom. The van der Waals surface area contributed by atoms with Crippen molar-refractivity contribution in [3.8, 4) is 12.1 Å². The maximum Gasteiger partial charge on any atom is 0.183 e. The SMILES string of the molecule is N#CC(C#N)=Cc1cccn1Cc1cnc(Cl)s1. The molecule has 0 amide bonds. The first-order chi connectivity index (χ1) is 8.72. The summed E-state index contributed by atoms with van der Waals surface area (Å²) in [4.78, 5) is 4.99. The summed E-state index contributed by atoms with van der Waals surface area (Å²) in [5.41, 5.74) is 0.884. The van der Waals surface area contributed by atoms with Gasteiger partial charge in [-0.05, 0) is 18.2 Å². The van der Waals surface area contributed by atoms with Crippen molar-refractivity contribution in [2.75, 3.05) is 0 Å². The molecule has 0 saturated heterocycles. The summed E-state index contributed by atoms with van der Waals surface area (Å²) >= 11 is 7.18. The number of nitrogens with zero attached hydrogens (tertiary/aromatic N) is 4. The number of nitriles is 2. The van der Waals surface area contributed by atoms with Crippen LogP contribution in [0.3, 0.4) is 0 Å². The van der Waals surface area contributed by atoms with E-state index in [0.717, 1.165) is 10.6 Å². The van der Waals surface area contributed by atoms with Gasteiger partial charge in [-0.15, -0.1) is 11.3 Å². The fourth-order valence-electron chi connectivity index (χ4n) is 1.46. The highest BCUT2D eigenvalue weighted by molar-refractivity contribution is 7.15. The molecule has 6 heteroatoms. The summed E-state index contributed by atoms with van der Waals surface area (Å²) in [5.74, 6) is 0. The van der Waals surface area contributed by atoms with Crippen molar-refractivity contribution in [3.05, 3.63) is 45.1 Å². The summed E-state index contributed by atoms with van der Waals surface area (Å²) in [5, 5.41) is 17.5. The van der Waals surface area contributed by atoms with Crippen LogP contribution in [0.25, 0.3) is 6.08 Å².